The zero-order valence-electron chi connectivity index (χ0n) is 11.7. The topological polar surface area (TPSA) is 94.3 Å². The van der Waals surface area contributed by atoms with Crippen LogP contribution in [0.15, 0.2) is 45.5 Å². The maximum atomic E-state index is 11.7. The van der Waals surface area contributed by atoms with Gasteiger partial charge < -0.3 is 14.6 Å². The van der Waals surface area contributed by atoms with E-state index in [1.165, 1.54) is 35.4 Å². The van der Waals surface area contributed by atoms with E-state index in [1.54, 1.807) is 0 Å². The number of ether oxygens (including phenoxy) is 1. The van der Waals surface area contributed by atoms with Crippen LogP contribution >= 0.6 is 23.1 Å². The second-order valence-electron chi connectivity index (χ2n) is 4.33. The lowest BCUT2D eigenvalue weighted by Crippen LogP contribution is -2.21. The molecule has 1 amide bonds. The van der Waals surface area contributed by atoms with Crippen LogP contribution in [-0.2, 0) is 14.3 Å². The molecule has 0 atom stereocenters. The lowest BCUT2D eigenvalue weighted by molar-refractivity contribution is -0.144. The van der Waals surface area contributed by atoms with Gasteiger partial charge in [-0.05, 0) is 12.1 Å². The van der Waals surface area contributed by atoms with Gasteiger partial charge in [0.15, 0.2) is 16.8 Å². The molecule has 3 rings (SSSR count). The van der Waals surface area contributed by atoms with Crippen molar-refractivity contribution in [2.24, 2.45) is 0 Å². The van der Waals surface area contributed by atoms with Crippen LogP contribution < -0.4 is 5.32 Å². The number of benzene rings is 1. The summed E-state index contributed by atoms with van der Waals surface area (Å²) in [6.07, 6.45) is 1.33. The van der Waals surface area contributed by atoms with E-state index in [2.05, 4.69) is 20.0 Å². The molecule has 1 aromatic carbocycles. The SMILES string of the molecule is O=C(COC(=O)CSc1nc2ccccc2s1)Nc1ccon1. The predicted octanol–water partition coefficient (Wildman–Crippen LogP) is 2.56. The molecule has 0 spiro atoms. The van der Waals surface area contributed by atoms with Crippen LogP contribution in [0, 0.1) is 0 Å². The number of para-hydroxylation sites is 1. The van der Waals surface area contributed by atoms with Gasteiger partial charge in [0.2, 0.25) is 0 Å². The van der Waals surface area contributed by atoms with Crippen molar-refractivity contribution in [1.29, 1.82) is 0 Å². The highest BCUT2D eigenvalue weighted by Gasteiger charge is 2.11. The first-order chi connectivity index (χ1) is 11.2. The van der Waals surface area contributed by atoms with Crippen molar-refractivity contribution in [3.63, 3.8) is 0 Å². The molecular weight excluding hydrogens is 338 g/mol. The fraction of sp³-hybridized carbons (Fsp3) is 0.143. The maximum absolute atomic E-state index is 11.7. The quantitative estimate of drug-likeness (QED) is 0.540. The van der Waals surface area contributed by atoms with Crippen LogP contribution in [0.4, 0.5) is 5.82 Å². The third kappa shape index (κ3) is 4.30. The van der Waals surface area contributed by atoms with E-state index < -0.39 is 11.9 Å². The zero-order chi connectivity index (χ0) is 16.1. The molecule has 118 valence electrons. The van der Waals surface area contributed by atoms with Gasteiger partial charge in [-0.25, -0.2) is 4.98 Å². The summed E-state index contributed by atoms with van der Waals surface area (Å²) >= 11 is 2.80. The number of thiazole rings is 1. The number of thioether (sulfide) groups is 1. The van der Waals surface area contributed by atoms with Crippen molar-refractivity contribution < 1.29 is 18.8 Å². The van der Waals surface area contributed by atoms with E-state index in [0.717, 1.165) is 14.6 Å². The predicted molar refractivity (Wildman–Crippen MR) is 86.4 cm³/mol. The third-order valence-corrected chi connectivity index (χ3v) is 4.81. The summed E-state index contributed by atoms with van der Waals surface area (Å²) in [7, 11) is 0. The van der Waals surface area contributed by atoms with Crippen LogP contribution in [0.25, 0.3) is 10.2 Å². The van der Waals surface area contributed by atoms with Gasteiger partial charge in [0.25, 0.3) is 5.91 Å². The summed E-state index contributed by atoms with van der Waals surface area (Å²) < 4.78 is 11.3. The molecule has 0 bridgehead atoms. The van der Waals surface area contributed by atoms with Crippen molar-refractivity contribution in [2.75, 3.05) is 17.7 Å². The number of hydrogen-bond acceptors (Lipinski definition) is 8. The van der Waals surface area contributed by atoms with E-state index in [-0.39, 0.29) is 18.2 Å². The van der Waals surface area contributed by atoms with Gasteiger partial charge in [-0.15, -0.1) is 11.3 Å². The molecule has 23 heavy (non-hydrogen) atoms. The van der Waals surface area contributed by atoms with Crippen LogP contribution in [0.1, 0.15) is 0 Å². The van der Waals surface area contributed by atoms with E-state index in [0.29, 0.717) is 0 Å². The van der Waals surface area contributed by atoms with Gasteiger partial charge >= 0.3 is 5.97 Å². The Hall–Kier alpha value is -2.39. The number of nitrogens with one attached hydrogen (secondary N) is 1. The largest absolute Gasteiger partial charge is 0.455 e. The Bertz CT molecular complexity index is 783. The number of fused-ring (bicyclic) bond motifs is 1. The van der Waals surface area contributed by atoms with Gasteiger partial charge in [0.1, 0.15) is 6.26 Å². The summed E-state index contributed by atoms with van der Waals surface area (Å²) in [5, 5.41) is 5.95. The number of amides is 1. The Morgan fingerprint density at radius 3 is 2.96 bits per heavy atom. The van der Waals surface area contributed by atoms with Gasteiger partial charge in [-0.2, -0.15) is 0 Å². The number of esters is 1. The molecule has 9 heteroatoms. The second kappa shape index (κ2) is 7.25. The summed E-state index contributed by atoms with van der Waals surface area (Å²) in [6.45, 7) is -0.369. The molecule has 0 fully saturated rings. The molecule has 3 aromatic rings. The van der Waals surface area contributed by atoms with E-state index in [4.69, 9.17) is 4.74 Å². The molecule has 2 aromatic heterocycles. The Kier molecular flexibility index (Phi) is 4.89. The van der Waals surface area contributed by atoms with Crippen LogP contribution in [-0.4, -0.2) is 34.4 Å². The fourth-order valence-electron chi connectivity index (χ4n) is 1.68. The van der Waals surface area contributed by atoms with Crippen molar-refractivity contribution in [2.45, 2.75) is 4.34 Å². The molecule has 0 saturated carbocycles. The Labute approximate surface area is 139 Å². The molecular formula is C14H11N3O4S2. The normalized spacial score (nSPS) is 10.6. The molecule has 0 aliphatic carbocycles. The minimum absolute atomic E-state index is 0.0943. The van der Waals surface area contributed by atoms with E-state index in [1.807, 2.05) is 24.3 Å². The van der Waals surface area contributed by atoms with Gasteiger partial charge in [0.05, 0.1) is 16.0 Å². The van der Waals surface area contributed by atoms with Crippen molar-refractivity contribution in [3.8, 4) is 0 Å². The van der Waals surface area contributed by atoms with Crippen molar-refractivity contribution in [3.05, 3.63) is 36.6 Å². The average molecular weight is 349 g/mol. The van der Waals surface area contributed by atoms with Crippen molar-refractivity contribution >= 4 is 51.0 Å². The summed E-state index contributed by atoms with van der Waals surface area (Å²) in [5.41, 5.74) is 0.903. The number of aromatic nitrogens is 2. The summed E-state index contributed by atoms with van der Waals surface area (Å²) in [5.74, 6) is -0.589. The van der Waals surface area contributed by atoms with E-state index in [9.17, 15) is 9.59 Å². The lowest BCUT2D eigenvalue weighted by atomic mass is 10.3. The molecule has 1 N–H and O–H groups in total. The fourth-order valence-corrected chi connectivity index (χ4v) is 3.54. The van der Waals surface area contributed by atoms with Gasteiger partial charge in [-0.1, -0.05) is 29.1 Å². The number of anilines is 1. The van der Waals surface area contributed by atoms with Gasteiger partial charge in [-0.3, -0.25) is 9.59 Å². The standard InChI is InChI=1S/C14H11N3O4S2/c18-12(16-11-5-6-21-17-11)7-20-13(19)8-22-14-15-9-3-1-2-4-10(9)23-14/h1-6H,7-8H2,(H,16,17,18). The number of rotatable bonds is 6. The summed E-state index contributed by atoms with van der Waals surface area (Å²) in [6, 6.07) is 9.24. The first kappa shape index (κ1) is 15.5. The second-order valence-corrected chi connectivity index (χ2v) is 6.58. The Balaban J connectivity index is 1.43. The molecule has 7 nitrogen and oxygen atoms in total. The monoisotopic (exact) mass is 349 g/mol. The van der Waals surface area contributed by atoms with Crippen LogP contribution in [0.5, 0.6) is 0 Å². The zero-order valence-corrected chi connectivity index (χ0v) is 13.4. The Morgan fingerprint density at radius 1 is 1.30 bits per heavy atom. The van der Waals surface area contributed by atoms with E-state index >= 15 is 0 Å². The highest BCUT2D eigenvalue weighted by Crippen LogP contribution is 2.29. The number of nitrogens with zero attached hydrogens (tertiary/aromatic N) is 2. The molecule has 2 heterocycles. The number of hydrogen-bond donors (Lipinski definition) is 1. The maximum Gasteiger partial charge on any atom is 0.316 e. The minimum Gasteiger partial charge on any atom is -0.455 e. The molecule has 0 saturated heterocycles. The van der Waals surface area contributed by atoms with Crippen molar-refractivity contribution in [1.82, 2.24) is 10.1 Å². The Morgan fingerprint density at radius 2 is 2.17 bits per heavy atom. The first-order valence-electron chi connectivity index (χ1n) is 6.55. The molecule has 0 aliphatic rings. The lowest BCUT2D eigenvalue weighted by Gasteiger charge is -2.03. The number of carbonyl (C=O) groups is 2. The molecule has 0 aliphatic heterocycles. The average Bonchev–Trinajstić information content (AvgIpc) is 3.19. The van der Waals surface area contributed by atoms with Gasteiger partial charge in [0, 0.05) is 6.07 Å². The highest BCUT2D eigenvalue weighted by atomic mass is 32.2. The highest BCUT2D eigenvalue weighted by molar-refractivity contribution is 8.01. The molecule has 0 radical (unpaired) electrons. The minimum atomic E-state index is -0.482. The first-order valence-corrected chi connectivity index (χ1v) is 8.35. The summed E-state index contributed by atoms with van der Waals surface area (Å²) in [4.78, 5) is 27.6. The van der Waals surface area contributed by atoms with Crippen LogP contribution in [0.2, 0.25) is 0 Å². The smallest absolute Gasteiger partial charge is 0.316 e. The van der Waals surface area contributed by atoms with Crippen LogP contribution in [0.3, 0.4) is 0 Å². The molecule has 0 unspecified atom stereocenters. The third-order valence-electron chi connectivity index (χ3n) is 2.66. The number of carbonyl (C=O) groups excluding carboxylic acids is 2.